The number of halogens is 1. The number of ether oxygens (including phenoxy) is 1. The fourth-order valence-corrected chi connectivity index (χ4v) is 3.21. The lowest BCUT2D eigenvalue weighted by Gasteiger charge is -2.09. The maximum atomic E-state index is 12.5. The molecule has 0 aliphatic heterocycles. The number of pyridine rings is 1. The highest BCUT2D eigenvalue weighted by atomic mass is 35.5. The van der Waals surface area contributed by atoms with Crippen molar-refractivity contribution in [1.29, 1.82) is 0 Å². The van der Waals surface area contributed by atoms with Crippen molar-refractivity contribution < 1.29 is 19.1 Å². The molecule has 0 aliphatic carbocycles. The maximum Gasteiger partial charge on any atom is 0.359 e. The van der Waals surface area contributed by atoms with Gasteiger partial charge in [-0.1, -0.05) is 18.5 Å². The first-order valence-electron chi connectivity index (χ1n) is 10.1. The molecule has 0 aliphatic rings. The molecule has 0 spiro atoms. The second-order valence-corrected chi connectivity index (χ2v) is 7.62. The van der Waals surface area contributed by atoms with Gasteiger partial charge in [-0.2, -0.15) is 5.10 Å². The van der Waals surface area contributed by atoms with Crippen molar-refractivity contribution in [2.75, 3.05) is 11.9 Å². The summed E-state index contributed by atoms with van der Waals surface area (Å²) in [6.45, 7) is 5.17. The molecule has 0 fully saturated rings. The molecule has 3 rings (SSSR count). The van der Waals surface area contributed by atoms with E-state index in [2.05, 4.69) is 15.4 Å². The maximum absolute atomic E-state index is 12.5. The Labute approximate surface area is 190 Å². The summed E-state index contributed by atoms with van der Waals surface area (Å²) in [6.07, 6.45) is 1.17. The van der Waals surface area contributed by atoms with Crippen LogP contribution in [0.3, 0.4) is 0 Å². The molecule has 0 atom stereocenters. The average molecular weight is 455 g/mol. The fourth-order valence-electron chi connectivity index (χ4n) is 3.03. The quantitative estimate of drug-likeness (QED) is 0.401. The van der Waals surface area contributed by atoms with Crippen LogP contribution in [0.15, 0.2) is 42.5 Å². The number of rotatable bonds is 8. The molecule has 2 heterocycles. The Morgan fingerprint density at radius 2 is 1.81 bits per heavy atom. The molecular weight excluding hydrogens is 432 g/mol. The number of hydrogen-bond acceptors (Lipinski definition) is 6. The number of Topliss-reactive ketones (excluding diaryl/α,β-unsaturated/α-hetero) is 1. The zero-order valence-corrected chi connectivity index (χ0v) is 18.8. The number of aryl methyl sites for hydroxylation is 2. The van der Waals surface area contributed by atoms with Crippen LogP contribution in [0.2, 0.25) is 5.02 Å². The van der Waals surface area contributed by atoms with Gasteiger partial charge in [0.1, 0.15) is 0 Å². The molecule has 166 valence electrons. The fraction of sp³-hybridized carbons (Fsp3) is 0.261. The molecule has 32 heavy (non-hydrogen) atoms. The van der Waals surface area contributed by atoms with E-state index in [0.717, 1.165) is 17.8 Å². The molecule has 2 aromatic heterocycles. The lowest BCUT2D eigenvalue weighted by atomic mass is 10.1. The second-order valence-electron chi connectivity index (χ2n) is 7.21. The molecule has 0 radical (unpaired) electrons. The first-order valence-corrected chi connectivity index (χ1v) is 10.5. The van der Waals surface area contributed by atoms with Gasteiger partial charge in [0.15, 0.2) is 23.9 Å². The van der Waals surface area contributed by atoms with Crippen molar-refractivity contribution >= 4 is 34.9 Å². The van der Waals surface area contributed by atoms with Gasteiger partial charge < -0.3 is 10.1 Å². The summed E-state index contributed by atoms with van der Waals surface area (Å²) in [5.41, 5.74) is 2.50. The van der Waals surface area contributed by atoms with E-state index < -0.39 is 18.4 Å². The van der Waals surface area contributed by atoms with Crippen LogP contribution < -0.4 is 5.32 Å². The van der Waals surface area contributed by atoms with Crippen LogP contribution in [-0.2, 0) is 9.53 Å². The Balaban J connectivity index is 1.65. The summed E-state index contributed by atoms with van der Waals surface area (Å²) in [5.74, 6) is -0.877. The van der Waals surface area contributed by atoms with E-state index in [4.69, 9.17) is 16.3 Å². The lowest BCUT2D eigenvalue weighted by Crippen LogP contribution is -2.17. The number of ketones is 1. The summed E-state index contributed by atoms with van der Waals surface area (Å²) in [6, 6.07) is 11.4. The normalized spacial score (nSPS) is 10.6. The number of amides is 1. The van der Waals surface area contributed by atoms with E-state index in [-0.39, 0.29) is 16.6 Å². The van der Waals surface area contributed by atoms with Gasteiger partial charge in [-0.3, -0.25) is 9.59 Å². The molecule has 1 amide bonds. The number of benzene rings is 1. The standard InChI is InChI=1S/C23H23ClN4O4/c1-4-5-21(30)25-17-8-6-16(7-9-17)19(29)13-32-23(31)22-18(24)10-11-20(26-22)28-15(3)12-14(2)27-28/h6-12H,4-5,13H2,1-3H3,(H,25,30). The van der Waals surface area contributed by atoms with E-state index in [9.17, 15) is 14.4 Å². The lowest BCUT2D eigenvalue weighted by molar-refractivity contribution is -0.116. The first-order chi connectivity index (χ1) is 15.3. The van der Waals surface area contributed by atoms with Gasteiger partial charge >= 0.3 is 5.97 Å². The second kappa shape index (κ2) is 10.2. The molecule has 1 N–H and O–H groups in total. The third-order valence-electron chi connectivity index (χ3n) is 4.55. The van der Waals surface area contributed by atoms with Crippen LogP contribution in [0.5, 0.6) is 0 Å². The van der Waals surface area contributed by atoms with Crippen LogP contribution in [0.1, 0.15) is 52.0 Å². The van der Waals surface area contributed by atoms with Crippen molar-refractivity contribution in [3.63, 3.8) is 0 Å². The van der Waals surface area contributed by atoms with Crippen molar-refractivity contribution in [1.82, 2.24) is 14.8 Å². The van der Waals surface area contributed by atoms with Crippen LogP contribution in [0.4, 0.5) is 5.69 Å². The molecule has 0 saturated carbocycles. The Morgan fingerprint density at radius 3 is 2.44 bits per heavy atom. The molecule has 0 unspecified atom stereocenters. The minimum Gasteiger partial charge on any atom is -0.453 e. The van der Waals surface area contributed by atoms with E-state index in [1.165, 1.54) is 6.07 Å². The van der Waals surface area contributed by atoms with E-state index in [0.29, 0.717) is 23.5 Å². The summed E-state index contributed by atoms with van der Waals surface area (Å²) in [7, 11) is 0. The number of carbonyl (C=O) groups is 3. The number of anilines is 1. The van der Waals surface area contributed by atoms with Gasteiger partial charge in [0.25, 0.3) is 0 Å². The molecule has 0 saturated heterocycles. The summed E-state index contributed by atoms with van der Waals surface area (Å²) < 4.78 is 6.74. The summed E-state index contributed by atoms with van der Waals surface area (Å²) in [5, 5.41) is 7.19. The highest BCUT2D eigenvalue weighted by Gasteiger charge is 2.18. The topological polar surface area (TPSA) is 103 Å². The van der Waals surface area contributed by atoms with Crippen molar-refractivity contribution in [3.8, 4) is 5.82 Å². The first kappa shape index (κ1) is 23.1. The minimum atomic E-state index is -0.810. The largest absolute Gasteiger partial charge is 0.453 e. The SMILES string of the molecule is CCCC(=O)Nc1ccc(C(=O)COC(=O)c2nc(-n3nc(C)cc3C)ccc2Cl)cc1. The van der Waals surface area contributed by atoms with Crippen molar-refractivity contribution in [3.05, 3.63) is 70.1 Å². The summed E-state index contributed by atoms with van der Waals surface area (Å²) in [4.78, 5) is 40.8. The van der Waals surface area contributed by atoms with Crippen LogP contribution >= 0.6 is 11.6 Å². The van der Waals surface area contributed by atoms with E-state index >= 15 is 0 Å². The number of nitrogens with zero attached hydrogens (tertiary/aromatic N) is 3. The van der Waals surface area contributed by atoms with Gasteiger partial charge in [-0.05, 0) is 62.7 Å². The van der Waals surface area contributed by atoms with Gasteiger partial charge in [0.2, 0.25) is 5.91 Å². The predicted molar refractivity (Wildman–Crippen MR) is 120 cm³/mol. The predicted octanol–water partition coefficient (Wildman–Crippen LogP) is 4.32. The highest BCUT2D eigenvalue weighted by Crippen LogP contribution is 2.19. The van der Waals surface area contributed by atoms with Crippen molar-refractivity contribution in [2.24, 2.45) is 0 Å². The molecule has 1 aromatic carbocycles. The zero-order chi connectivity index (χ0) is 23.3. The van der Waals surface area contributed by atoms with Gasteiger partial charge in [-0.15, -0.1) is 0 Å². The minimum absolute atomic E-state index is 0.0902. The molecule has 0 bridgehead atoms. The Bertz CT molecular complexity index is 1160. The number of hydrogen-bond donors (Lipinski definition) is 1. The van der Waals surface area contributed by atoms with E-state index in [1.54, 1.807) is 35.0 Å². The molecule has 3 aromatic rings. The van der Waals surface area contributed by atoms with Crippen LogP contribution in [0.25, 0.3) is 5.82 Å². The number of nitrogens with one attached hydrogen (secondary N) is 1. The van der Waals surface area contributed by atoms with Gasteiger partial charge in [0.05, 0.1) is 10.7 Å². The van der Waals surface area contributed by atoms with Gasteiger partial charge in [-0.25, -0.2) is 14.5 Å². The number of esters is 1. The number of aromatic nitrogens is 3. The Kier molecular flexibility index (Phi) is 7.37. The molecule has 9 heteroatoms. The monoisotopic (exact) mass is 454 g/mol. The third kappa shape index (κ3) is 5.59. The molecule has 8 nitrogen and oxygen atoms in total. The van der Waals surface area contributed by atoms with Crippen molar-refractivity contribution in [2.45, 2.75) is 33.6 Å². The Morgan fingerprint density at radius 1 is 1.09 bits per heavy atom. The highest BCUT2D eigenvalue weighted by molar-refractivity contribution is 6.33. The van der Waals surface area contributed by atoms with Crippen LogP contribution in [0, 0.1) is 13.8 Å². The average Bonchev–Trinajstić information content (AvgIpc) is 3.10. The number of carbonyl (C=O) groups excluding carboxylic acids is 3. The smallest absolute Gasteiger partial charge is 0.359 e. The third-order valence-corrected chi connectivity index (χ3v) is 4.86. The zero-order valence-electron chi connectivity index (χ0n) is 18.0. The summed E-state index contributed by atoms with van der Waals surface area (Å²) >= 11 is 6.12. The molecular formula is C23H23ClN4O4. The van der Waals surface area contributed by atoms with Gasteiger partial charge in [0, 0.05) is 23.4 Å². The Hall–Kier alpha value is -3.52. The van der Waals surface area contributed by atoms with E-state index in [1.807, 2.05) is 26.8 Å². The van der Waals surface area contributed by atoms with Crippen LogP contribution in [-0.4, -0.2) is 39.0 Å².